The molecule has 2 unspecified atom stereocenters. The molecule has 2 aliphatic rings. The zero-order chi connectivity index (χ0) is 29.6. The average Bonchev–Trinajstić information content (AvgIpc) is 2.82. The van der Waals surface area contributed by atoms with Gasteiger partial charge in [-0.3, -0.25) is 4.90 Å². The molecule has 2 aromatic carbocycles. The number of carbonyl (C=O) groups excluding carboxylic acids is 1. The minimum Gasteiger partial charge on any atom is -0.486 e. The molecule has 3 atom stereocenters. The van der Waals surface area contributed by atoms with Gasteiger partial charge in [0, 0.05) is 6.42 Å². The SMILES string of the molecule is CC(Cc1ccc(C2=C(C(=O)O)[C@H]3CS(=O)(=O)CC(C2)N3C(=O)OC(C)(C)C)cc1)Oc1c(F)ccc(F)c1Cl. The number of rotatable bonds is 6. The first kappa shape index (κ1) is 29.8. The molecule has 0 radical (unpaired) electrons. The highest BCUT2D eigenvalue weighted by Crippen LogP contribution is 2.40. The molecule has 2 aromatic rings. The Morgan fingerprint density at radius 1 is 1.10 bits per heavy atom. The van der Waals surface area contributed by atoms with E-state index >= 15 is 0 Å². The number of fused-ring (bicyclic) bond motifs is 2. The van der Waals surface area contributed by atoms with Gasteiger partial charge >= 0.3 is 12.1 Å². The van der Waals surface area contributed by atoms with Gasteiger partial charge in [-0.1, -0.05) is 35.9 Å². The van der Waals surface area contributed by atoms with Gasteiger partial charge in [-0.25, -0.2) is 26.8 Å². The van der Waals surface area contributed by atoms with Gasteiger partial charge in [-0.05, 0) is 62.9 Å². The van der Waals surface area contributed by atoms with Gasteiger partial charge in [-0.15, -0.1) is 0 Å². The monoisotopic (exact) mass is 597 g/mol. The van der Waals surface area contributed by atoms with Crippen molar-refractivity contribution < 1.29 is 41.4 Å². The number of carbonyl (C=O) groups is 2. The summed E-state index contributed by atoms with van der Waals surface area (Å²) in [6.45, 7) is 6.71. The first-order chi connectivity index (χ1) is 18.6. The van der Waals surface area contributed by atoms with E-state index in [-0.39, 0.29) is 23.5 Å². The molecular formula is C28H30ClF2NO7S. The van der Waals surface area contributed by atoms with Crippen molar-refractivity contribution in [2.75, 3.05) is 11.5 Å². The topological polar surface area (TPSA) is 110 Å². The van der Waals surface area contributed by atoms with Crippen molar-refractivity contribution in [1.82, 2.24) is 4.90 Å². The molecule has 0 aliphatic carbocycles. The number of amides is 1. The second kappa shape index (κ2) is 11.0. The number of sulfone groups is 1. The second-order valence-electron chi connectivity index (χ2n) is 11.0. The molecule has 2 aliphatic heterocycles. The molecule has 0 aromatic heterocycles. The van der Waals surface area contributed by atoms with Gasteiger partial charge in [0.05, 0.1) is 29.2 Å². The van der Waals surface area contributed by atoms with Crippen molar-refractivity contribution in [1.29, 1.82) is 0 Å². The van der Waals surface area contributed by atoms with E-state index < -0.39 is 68.1 Å². The molecule has 1 N–H and O–H groups in total. The van der Waals surface area contributed by atoms with E-state index in [1.54, 1.807) is 52.0 Å². The third kappa shape index (κ3) is 6.41. The lowest BCUT2D eigenvalue weighted by Crippen LogP contribution is -2.61. The lowest BCUT2D eigenvalue weighted by atomic mass is 9.85. The Morgan fingerprint density at radius 2 is 1.73 bits per heavy atom. The van der Waals surface area contributed by atoms with E-state index in [4.69, 9.17) is 21.1 Å². The number of aliphatic carboxylic acids is 1. The number of hydrogen-bond acceptors (Lipinski definition) is 6. The number of nitrogens with zero attached hydrogens (tertiary/aromatic N) is 1. The number of halogens is 3. The Morgan fingerprint density at radius 3 is 2.33 bits per heavy atom. The molecule has 216 valence electrons. The Kier molecular flexibility index (Phi) is 8.20. The van der Waals surface area contributed by atoms with E-state index in [1.807, 2.05) is 0 Å². The van der Waals surface area contributed by atoms with Gasteiger partial charge in [0.15, 0.2) is 21.4 Å². The number of ether oxygens (including phenoxy) is 2. The van der Waals surface area contributed by atoms with Crippen molar-refractivity contribution in [3.63, 3.8) is 0 Å². The van der Waals surface area contributed by atoms with Gasteiger partial charge in [0.2, 0.25) is 0 Å². The second-order valence-corrected chi connectivity index (χ2v) is 13.6. The van der Waals surface area contributed by atoms with Crippen molar-refractivity contribution in [2.45, 2.75) is 64.3 Å². The summed E-state index contributed by atoms with van der Waals surface area (Å²) in [5, 5.41) is 9.70. The van der Waals surface area contributed by atoms with E-state index in [9.17, 15) is 31.9 Å². The molecule has 0 spiro atoms. The summed E-state index contributed by atoms with van der Waals surface area (Å²) in [6.07, 6.45) is -0.996. The molecule has 2 heterocycles. The van der Waals surface area contributed by atoms with Crippen LogP contribution >= 0.6 is 11.6 Å². The normalized spacial score (nSPS) is 21.1. The number of carboxylic acid groups (broad SMARTS) is 1. The molecule has 1 fully saturated rings. The molecule has 0 saturated carbocycles. The van der Waals surface area contributed by atoms with Crippen LogP contribution in [0.1, 0.15) is 45.2 Å². The van der Waals surface area contributed by atoms with E-state index in [1.165, 1.54) is 4.90 Å². The maximum atomic E-state index is 14.1. The first-order valence-electron chi connectivity index (χ1n) is 12.6. The van der Waals surface area contributed by atoms with Crippen LogP contribution in [0.5, 0.6) is 5.75 Å². The molecule has 1 saturated heterocycles. The lowest BCUT2D eigenvalue weighted by molar-refractivity contribution is -0.133. The Hall–Kier alpha value is -3.18. The van der Waals surface area contributed by atoms with Gasteiger partial charge < -0.3 is 14.6 Å². The largest absolute Gasteiger partial charge is 0.486 e. The van der Waals surface area contributed by atoms with Gasteiger partial charge in [0.1, 0.15) is 22.5 Å². The van der Waals surface area contributed by atoms with Crippen LogP contribution in [0.3, 0.4) is 0 Å². The first-order valence-corrected chi connectivity index (χ1v) is 14.8. The van der Waals surface area contributed by atoms with Crippen LogP contribution in [0.4, 0.5) is 13.6 Å². The summed E-state index contributed by atoms with van der Waals surface area (Å²) in [5.74, 6) is -4.09. The Bertz CT molecular complexity index is 1470. The van der Waals surface area contributed by atoms with Gasteiger partial charge in [-0.2, -0.15) is 0 Å². The minimum absolute atomic E-state index is 0.0206. The number of benzene rings is 2. The lowest BCUT2D eigenvalue weighted by Gasteiger charge is -2.46. The van der Waals surface area contributed by atoms with E-state index in [2.05, 4.69) is 0 Å². The molecular weight excluding hydrogens is 568 g/mol. The average molecular weight is 598 g/mol. The maximum absolute atomic E-state index is 14.1. The fraction of sp³-hybridized carbons (Fsp3) is 0.429. The van der Waals surface area contributed by atoms with Crippen LogP contribution in [0.15, 0.2) is 42.0 Å². The molecule has 1 amide bonds. The summed E-state index contributed by atoms with van der Waals surface area (Å²) >= 11 is 5.85. The fourth-order valence-corrected chi connectivity index (χ4v) is 7.12. The summed E-state index contributed by atoms with van der Waals surface area (Å²) in [5.41, 5.74) is 0.788. The van der Waals surface area contributed by atoms with Crippen molar-refractivity contribution in [3.8, 4) is 5.75 Å². The minimum atomic E-state index is -3.60. The van der Waals surface area contributed by atoms with Crippen LogP contribution in [0.25, 0.3) is 5.57 Å². The summed E-state index contributed by atoms with van der Waals surface area (Å²) < 4.78 is 64.1. The predicted molar refractivity (Wildman–Crippen MR) is 145 cm³/mol. The molecule has 12 heteroatoms. The van der Waals surface area contributed by atoms with Crippen LogP contribution in [-0.4, -0.2) is 65.8 Å². The highest BCUT2D eigenvalue weighted by molar-refractivity contribution is 7.91. The van der Waals surface area contributed by atoms with Gasteiger partial charge in [0.25, 0.3) is 0 Å². The third-order valence-corrected chi connectivity index (χ3v) is 8.74. The summed E-state index contributed by atoms with van der Waals surface area (Å²) in [7, 11) is -3.60. The number of carboxylic acids is 1. The highest BCUT2D eigenvalue weighted by atomic mass is 35.5. The van der Waals surface area contributed by atoms with Crippen LogP contribution in [0, 0.1) is 11.6 Å². The molecule has 4 rings (SSSR count). The third-order valence-electron chi connectivity index (χ3n) is 6.67. The van der Waals surface area contributed by atoms with E-state index in [0.29, 0.717) is 17.6 Å². The number of hydrogen-bond donors (Lipinski definition) is 1. The predicted octanol–water partition coefficient (Wildman–Crippen LogP) is 5.27. The molecule has 2 bridgehead atoms. The zero-order valence-corrected chi connectivity index (χ0v) is 24.0. The fourth-order valence-electron chi connectivity index (χ4n) is 5.11. The van der Waals surface area contributed by atoms with Crippen LogP contribution in [0.2, 0.25) is 5.02 Å². The molecule has 8 nitrogen and oxygen atoms in total. The maximum Gasteiger partial charge on any atom is 0.411 e. The molecule has 40 heavy (non-hydrogen) atoms. The Balaban J connectivity index is 1.61. The zero-order valence-electron chi connectivity index (χ0n) is 22.4. The summed E-state index contributed by atoms with van der Waals surface area (Å²) in [6, 6.07) is 6.79. The smallest absolute Gasteiger partial charge is 0.411 e. The highest BCUT2D eigenvalue weighted by Gasteiger charge is 2.50. The van der Waals surface area contributed by atoms with Crippen molar-refractivity contribution >= 4 is 39.1 Å². The van der Waals surface area contributed by atoms with Crippen molar-refractivity contribution in [3.05, 3.63) is 69.8 Å². The standard InChI is InChI=1S/C28H30ClF2NO7S/c1-15(38-25-21(31)10-9-20(30)24(25)29)11-16-5-7-17(8-6-16)19-12-18-13-40(36,37)14-22(23(19)26(33)34)32(18)27(35)39-28(2,3)4/h5-10,15,18,22H,11-14H2,1-4H3,(H,33,34)/t15?,18?,22-/m1/s1. The Labute approximate surface area is 236 Å². The van der Waals surface area contributed by atoms with Crippen molar-refractivity contribution in [2.24, 2.45) is 0 Å². The quantitative estimate of drug-likeness (QED) is 0.452. The summed E-state index contributed by atoms with van der Waals surface area (Å²) in [4.78, 5) is 26.7. The van der Waals surface area contributed by atoms with Crippen LogP contribution in [-0.2, 0) is 25.8 Å². The van der Waals surface area contributed by atoms with E-state index in [0.717, 1.165) is 17.7 Å². The van der Waals surface area contributed by atoms with Crippen LogP contribution < -0.4 is 4.74 Å².